The maximum Gasteiger partial charge on any atom is 0.223 e. The predicted octanol–water partition coefficient (Wildman–Crippen LogP) is 4.01. The lowest BCUT2D eigenvalue weighted by molar-refractivity contribution is 0.756. The van der Waals surface area contributed by atoms with Crippen LogP contribution >= 0.6 is 11.6 Å². The summed E-state index contributed by atoms with van der Waals surface area (Å²) in [6.07, 6.45) is 3.72. The van der Waals surface area contributed by atoms with Crippen LogP contribution in [0.4, 0.5) is 5.95 Å². The van der Waals surface area contributed by atoms with E-state index in [-0.39, 0.29) is 6.04 Å². The quantitative estimate of drug-likeness (QED) is 0.786. The van der Waals surface area contributed by atoms with Crippen molar-refractivity contribution in [1.29, 1.82) is 0 Å². The van der Waals surface area contributed by atoms with Crippen LogP contribution in [0.15, 0.2) is 42.7 Å². The van der Waals surface area contributed by atoms with Crippen LogP contribution in [0.2, 0.25) is 5.02 Å². The summed E-state index contributed by atoms with van der Waals surface area (Å²) in [6, 6.07) is 9.72. The maximum atomic E-state index is 5.93. The molecule has 23 heavy (non-hydrogen) atoms. The van der Waals surface area contributed by atoms with Gasteiger partial charge in [0, 0.05) is 30.0 Å². The van der Waals surface area contributed by atoms with E-state index in [2.05, 4.69) is 27.3 Å². The van der Waals surface area contributed by atoms with Crippen LogP contribution < -0.4 is 5.32 Å². The van der Waals surface area contributed by atoms with E-state index in [1.165, 1.54) is 0 Å². The van der Waals surface area contributed by atoms with Gasteiger partial charge in [-0.15, -0.1) is 0 Å². The van der Waals surface area contributed by atoms with E-state index in [1.54, 1.807) is 10.9 Å². The van der Waals surface area contributed by atoms with Crippen molar-refractivity contribution in [2.45, 2.75) is 19.9 Å². The van der Waals surface area contributed by atoms with Crippen molar-refractivity contribution in [2.75, 3.05) is 5.32 Å². The Labute approximate surface area is 140 Å². The smallest absolute Gasteiger partial charge is 0.223 e. The molecule has 0 aliphatic carbocycles. The van der Waals surface area contributed by atoms with E-state index < -0.39 is 0 Å². The van der Waals surface area contributed by atoms with Gasteiger partial charge in [0.05, 0.1) is 17.4 Å². The van der Waals surface area contributed by atoms with E-state index in [1.807, 2.05) is 50.5 Å². The lowest BCUT2D eigenvalue weighted by atomic mass is 10.1. The third-order valence-corrected chi connectivity index (χ3v) is 3.91. The maximum absolute atomic E-state index is 5.93. The molecule has 0 amide bonds. The molecular formula is C17H18ClN5. The Kier molecular flexibility index (Phi) is 4.30. The van der Waals surface area contributed by atoms with Gasteiger partial charge in [0.2, 0.25) is 5.95 Å². The summed E-state index contributed by atoms with van der Waals surface area (Å²) in [4.78, 5) is 8.91. The molecule has 2 aromatic heterocycles. The first kappa shape index (κ1) is 15.5. The van der Waals surface area contributed by atoms with E-state index in [4.69, 9.17) is 11.6 Å². The Balaban J connectivity index is 1.82. The number of hydrogen-bond acceptors (Lipinski definition) is 4. The van der Waals surface area contributed by atoms with Gasteiger partial charge in [-0.2, -0.15) is 5.10 Å². The highest BCUT2D eigenvalue weighted by Gasteiger charge is 2.11. The third kappa shape index (κ3) is 3.51. The summed E-state index contributed by atoms with van der Waals surface area (Å²) in [5.74, 6) is 0.591. The van der Waals surface area contributed by atoms with Gasteiger partial charge >= 0.3 is 0 Å². The van der Waals surface area contributed by atoms with Crippen molar-refractivity contribution in [3.63, 3.8) is 0 Å². The molecule has 0 aliphatic rings. The summed E-state index contributed by atoms with van der Waals surface area (Å²) in [6.45, 7) is 4.04. The molecule has 0 saturated carbocycles. The SMILES string of the molecule is Cc1nn(C)cc1-c1ccnc(NC(C)c2ccc(Cl)cc2)n1. The highest BCUT2D eigenvalue weighted by Crippen LogP contribution is 2.23. The third-order valence-electron chi connectivity index (χ3n) is 3.66. The fourth-order valence-corrected chi connectivity index (χ4v) is 2.58. The number of aryl methyl sites for hydroxylation is 2. The minimum absolute atomic E-state index is 0.0810. The van der Waals surface area contributed by atoms with E-state index in [9.17, 15) is 0 Å². The second-order valence-corrected chi connectivity index (χ2v) is 5.92. The van der Waals surface area contributed by atoms with Crippen LogP contribution in [0.5, 0.6) is 0 Å². The van der Waals surface area contributed by atoms with Gasteiger partial charge in [-0.3, -0.25) is 4.68 Å². The molecule has 1 unspecified atom stereocenters. The van der Waals surface area contributed by atoms with Gasteiger partial charge in [-0.1, -0.05) is 23.7 Å². The molecule has 118 valence electrons. The Morgan fingerprint density at radius 3 is 2.57 bits per heavy atom. The van der Waals surface area contributed by atoms with Crippen LogP contribution in [0, 0.1) is 6.92 Å². The molecule has 6 heteroatoms. The summed E-state index contributed by atoms with van der Waals surface area (Å²) < 4.78 is 1.79. The summed E-state index contributed by atoms with van der Waals surface area (Å²) in [5.41, 5.74) is 3.94. The molecule has 0 aliphatic heterocycles. The van der Waals surface area contributed by atoms with Gasteiger partial charge in [-0.05, 0) is 37.6 Å². The van der Waals surface area contributed by atoms with Crippen LogP contribution in [-0.4, -0.2) is 19.7 Å². The van der Waals surface area contributed by atoms with Crippen molar-refractivity contribution in [3.05, 3.63) is 59.0 Å². The number of nitrogens with zero attached hydrogens (tertiary/aromatic N) is 4. The predicted molar refractivity (Wildman–Crippen MR) is 92.5 cm³/mol. The van der Waals surface area contributed by atoms with Crippen molar-refractivity contribution < 1.29 is 0 Å². The molecule has 1 atom stereocenters. The first-order chi connectivity index (χ1) is 11.0. The molecular weight excluding hydrogens is 310 g/mol. The standard InChI is InChI=1S/C17H18ClN5/c1-11(13-4-6-14(18)7-5-13)20-17-19-9-8-16(21-17)15-10-23(3)22-12(15)2/h4-11H,1-3H3,(H,19,20,21). The lowest BCUT2D eigenvalue weighted by Gasteiger charge is -2.14. The van der Waals surface area contributed by atoms with Crippen molar-refractivity contribution >= 4 is 17.5 Å². The second kappa shape index (κ2) is 6.38. The number of nitrogens with one attached hydrogen (secondary N) is 1. The molecule has 5 nitrogen and oxygen atoms in total. The highest BCUT2D eigenvalue weighted by molar-refractivity contribution is 6.30. The second-order valence-electron chi connectivity index (χ2n) is 5.48. The fraction of sp³-hybridized carbons (Fsp3) is 0.235. The minimum Gasteiger partial charge on any atom is -0.348 e. The molecule has 0 radical (unpaired) electrons. The average molecular weight is 328 g/mol. The van der Waals surface area contributed by atoms with Gasteiger partial charge in [0.15, 0.2) is 0 Å². The largest absolute Gasteiger partial charge is 0.348 e. The van der Waals surface area contributed by atoms with E-state index in [0.717, 1.165) is 27.5 Å². The zero-order valence-corrected chi connectivity index (χ0v) is 14.0. The number of aromatic nitrogens is 4. The Morgan fingerprint density at radius 2 is 1.91 bits per heavy atom. The minimum atomic E-state index is 0.0810. The first-order valence-corrected chi connectivity index (χ1v) is 7.76. The van der Waals surface area contributed by atoms with Crippen LogP contribution in [0.25, 0.3) is 11.3 Å². The zero-order valence-electron chi connectivity index (χ0n) is 13.3. The number of hydrogen-bond donors (Lipinski definition) is 1. The Hall–Kier alpha value is -2.40. The molecule has 0 bridgehead atoms. The number of rotatable bonds is 4. The molecule has 0 saturated heterocycles. The van der Waals surface area contributed by atoms with Crippen molar-refractivity contribution in [3.8, 4) is 11.3 Å². The van der Waals surface area contributed by atoms with Gasteiger partial charge < -0.3 is 5.32 Å². The molecule has 0 fully saturated rings. The zero-order chi connectivity index (χ0) is 16.4. The highest BCUT2D eigenvalue weighted by atomic mass is 35.5. The number of anilines is 1. The Morgan fingerprint density at radius 1 is 1.17 bits per heavy atom. The summed E-state index contributed by atoms with van der Waals surface area (Å²) in [5, 5.41) is 8.41. The Bertz CT molecular complexity index is 810. The molecule has 2 heterocycles. The van der Waals surface area contributed by atoms with Gasteiger partial charge in [0.1, 0.15) is 0 Å². The average Bonchev–Trinajstić information content (AvgIpc) is 2.87. The van der Waals surface area contributed by atoms with Crippen LogP contribution in [0.3, 0.4) is 0 Å². The fourth-order valence-electron chi connectivity index (χ4n) is 2.46. The summed E-state index contributed by atoms with van der Waals surface area (Å²) >= 11 is 5.93. The molecule has 0 spiro atoms. The number of halogens is 1. The van der Waals surface area contributed by atoms with Crippen LogP contribution in [0.1, 0.15) is 24.2 Å². The lowest BCUT2D eigenvalue weighted by Crippen LogP contribution is -2.09. The first-order valence-electron chi connectivity index (χ1n) is 7.38. The van der Waals surface area contributed by atoms with Gasteiger partial charge in [0.25, 0.3) is 0 Å². The van der Waals surface area contributed by atoms with Crippen molar-refractivity contribution in [2.24, 2.45) is 7.05 Å². The van der Waals surface area contributed by atoms with E-state index in [0.29, 0.717) is 5.95 Å². The molecule has 1 aromatic carbocycles. The summed E-state index contributed by atoms with van der Waals surface area (Å²) in [7, 11) is 1.90. The van der Waals surface area contributed by atoms with Crippen molar-refractivity contribution in [1.82, 2.24) is 19.7 Å². The molecule has 3 aromatic rings. The molecule has 3 rings (SSSR count). The van der Waals surface area contributed by atoms with E-state index >= 15 is 0 Å². The normalized spacial score (nSPS) is 12.2. The van der Waals surface area contributed by atoms with Crippen LogP contribution in [-0.2, 0) is 7.05 Å². The number of benzene rings is 1. The topological polar surface area (TPSA) is 55.6 Å². The van der Waals surface area contributed by atoms with Gasteiger partial charge in [-0.25, -0.2) is 9.97 Å². The molecule has 1 N–H and O–H groups in total. The monoisotopic (exact) mass is 327 g/mol.